The maximum atomic E-state index is 15.1. The molecule has 3 heterocycles. The molecule has 0 amide bonds. The van der Waals surface area contributed by atoms with Gasteiger partial charge in [0.2, 0.25) is 0 Å². The summed E-state index contributed by atoms with van der Waals surface area (Å²) in [4.78, 5) is 28.6. The third kappa shape index (κ3) is 5.55. The zero-order chi connectivity index (χ0) is 29.7. The highest BCUT2D eigenvalue weighted by molar-refractivity contribution is 5.86. The molecule has 7 nitrogen and oxygen atoms in total. The molecule has 41 heavy (non-hydrogen) atoms. The first-order valence-electron chi connectivity index (χ1n) is 12.5. The van der Waals surface area contributed by atoms with Crippen molar-refractivity contribution in [3.05, 3.63) is 86.1 Å². The Kier molecular flexibility index (Phi) is 7.12. The van der Waals surface area contributed by atoms with Gasteiger partial charge in [0.25, 0.3) is 17.0 Å². The Bertz CT molecular complexity index is 1750. The number of nitrogens with one attached hydrogen (secondary N) is 2. The van der Waals surface area contributed by atoms with Gasteiger partial charge in [0, 0.05) is 42.4 Å². The number of aromatic nitrogens is 4. The average Bonchev–Trinajstić information content (AvgIpc) is 3.18. The third-order valence-electron chi connectivity index (χ3n) is 6.98. The fourth-order valence-corrected chi connectivity index (χ4v) is 5.04. The lowest BCUT2D eigenvalue weighted by atomic mass is 10.0. The monoisotopic (exact) mass is 581 g/mol. The van der Waals surface area contributed by atoms with Gasteiger partial charge in [-0.3, -0.25) is 14.6 Å². The van der Waals surface area contributed by atoms with E-state index in [2.05, 4.69) is 15.4 Å². The number of fused-ring (bicyclic) bond motifs is 2. The summed E-state index contributed by atoms with van der Waals surface area (Å²) in [6.07, 6.45) is -4.11. The van der Waals surface area contributed by atoms with E-state index in [1.54, 1.807) is 5.10 Å². The molecule has 3 aromatic heterocycles. The van der Waals surface area contributed by atoms with Crippen molar-refractivity contribution in [3.8, 4) is 11.3 Å². The summed E-state index contributed by atoms with van der Waals surface area (Å²) in [5.41, 5.74) is -3.91. The Morgan fingerprint density at radius 1 is 1.17 bits per heavy atom. The topological polar surface area (TPSA) is 92.7 Å². The van der Waals surface area contributed by atoms with E-state index in [9.17, 15) is 35.9 Å². The van der Waals surface area contributed by atoms with E-state index in [1.807, 2.05) is 0 Å². The number of anilines is 1. The molecule has 0 radical (unpaired) electrons. The minimum absolute atomic E-state index is 0.0170. The molecule has 0 saturated carbocycles. The highest BCUT2D eigenvalue weighted by Gasteiger charge is 2.40. The van der Waals surface area contributed by atoms with Gasteiger partial charge in [-0.25, -0.2) is 22.7 Å². The van der Waals surface area contributed by atoms with E-state index in [0.717, 1.165) is 23.0 Å². The van der Waals surface area contributed by atoms with Gasteiger partial charge in [-0.15, -0.1) is 0 Å². The first-order chi connectivity index (χ1) is 19.2. The van der Waals surface area contributed by atoms with Gasteiger partial charge < -0.3 is 9.88 Å². The highest BCUT2D eigenvalue weighted by Crippen LogP contribution is 2.42. The van der Waals surface area contributed by atoms with Crippen LogP contribution in [0.15, 0.2) is 52.4 Å². The van der Waals surface area contributed by atoms with Crippen LogP contribution in [0.3, 0.4) is 0 Å². The summed E-state index contributed by atoms with van der Waals surface area (Å²) in [5, 5.41) is 7.77. The molecule has 216 valence electrons. The summed E-state index contributed by atoms with van der Waals surface area (Å²) < 4.78 is 98.7. The van der Waals surface area contributed by atoms with E-state index in [4.69, 9.17) is 0 Å². The summed E-state index contributed by atoms with van der Waals surface area (Å²) >= 11 is 0. The number of pyridine rings is 2. The summed E-state index contributed by atoms with van der Waals surface area (Å²) in [6.45, 7) is 0.937. The molecule has 5 rings (SSSR count). The molecule has 0 bridgehead atoms. The molecule has 1 aliphatic carbocycles. The number of H-pyrrole nitrogens is 1. The van der Waals surface area contributed by atoms with Crippen LogP contribution in [0.1, 0.15) is 36.5 Å². The second-order valence-corrected chi connectivity index (χ2v) is 9.99. The Hall–Kier alpha value is -4.23. The van der Waals surface area contributed by atoms with Crippen LogP contribution < -0.4 is 16.4 Å². The van der Waals surface area contributed by atoms with Gasteiger partial charge in [-0.05, 0) is 48.6 Å². The number of hydrogen-bond donors (Lipinski definition) is 2. The van der Waals surface area contributed by atoms with E-state index < -0.39 is 59.0 Å². The van der Waals surface area contributed by atoms with Crippen LogP contribution in [-0.2, 0) is 25.1 Å². The second-order valence-electron chi connectivity index (χ2n) is 9.99. The second kappa shape index (κ2) is 10.3. The Morgan fingerprint density at radius 2 is 1.93 bits per heavy atom. The maximum absolute atomic E-state index is 15.1. The van der Waals surface area contributed by atoms with Crippen LogP contribution in [0.5, 0.6) is 0 Å². The predicted octanol–water partition coefficient (Wildman–Crippen LogP) is 5.57. The van der Waals surface area contributed by atoms with Crippen LogP contribution in [0.2, 0.25) is 0 Å². The van der Waals surface area contributed by atoms with E-state index in [-0.39, 0.29) is 41.5 Å². The zero-order valence-electron chi connectivity index (χ0n) is 21.3. The SMILES string of the molecule is C[C@@H](C[C@@H](F)Cn1ccc2cc(-c3cc4c(cn3)C(F)(F)CC4)c(F)cc2c1=O)Nc1cn[nH]c(=O)c1C(F)(F)F. The number of alkyl halides is 6. The molecule has 0 spiro atoms. The van der Waals surface area contributed by atoms with Crippen LogP contribution in [0.25, 0.3) is 22.0 Å². The molecule has 0 saturated heterocycles. The van der Waals surface area contributed by atoms with Crippen LogP contribution in [0, 0.1) is 5.82 Å². The molecule has 2 N–H and O–H groups in total. The van der Waals surface area contributed by atoms with Crippen LogP contribution in [-0.4, -0.2) is 32.0 Å². The number of hydrogen-bond acceptors (Lipinski definition) is 5. The van der Waals surface area contributed by atoms with Gasteiger partial charge in [-0.1, -0.05) is 0 Å². The number of aromatic amines is 1. The number of halogens is 7. The Morgan fingerprint density at radius 3 is 2.66 bits per heavy atom. The van der Waals surface area contributed by atoms with Crippen molar-refractivity contribution in [1.29, 1.82) is 0 Å². The van der Waals surface area contributed by atoms with E-state index in [0.29, 0.717) is 10.9 Å². The maximum Gasteiger partial charge on any atom is 0.423 e. The van der Waals surface area contributed by atoms with Crippen molar-refractivity contribution in [3.63, 3.8) is 0 Å². The molecule has 4 aromatic rings. The predicted molar refractivity (Wildman–Crippen MR) is 136 cm³/mol. The first-order valence-corrected chi connectivity index (χ1v) is 12.5. The largest absolute Gasteiger partial charge is 0.423 e. The van der Waals surface area contributed by atoms with E-state index >= 15 is 4.39 Å². The van der Waals surface area contributed by atoms with Gasteiger partial charge in [0.15, 0.2) is 0 Å². The van der Waals surface area contributed by atoms with Gasteiger partial charge in [-0.2, -0.15) is 18.3 Å². The molecule has 0 aliphatic heterocycles. The normalized spacial score (nSPS) is 16.0. The molecular weight excluding hydrogens is 559 g/mol. The smallest absolute Gasteiger partial charge is 0.381 e. The number of rotatable bonds is 7. The summed E-state index contributed by atoms with van der Waals surface area (Å²) in [5.74, 6) is -3.80. The molecule has 2 atom stereocenters. The molecule has 14 heteroatoms. The fourth-order valence-electron chi connectivity index (χ4n) is 5.04. The Balaban J connectivity index is 1.34. The molecule has 0 unspecified atom stereocenters. The quantitative estimate of drug-likeness (QED) is 0.279. The number of benzene rings is 1. The van der Waals surface area contributed by atoms with Crippen molar-refractivity contribution in [2.45, 2.75) is 57.0 Å². The van der Waals surface area contributed by atoms with Crippen LogP contribution >= 0.6 is 0 Å². The third-order valence-corrected chi connectivity index (χ3v) is 6.98. The van der Waals surface area contributed by atoms with Gasteiger partial charge in [0.1, 0.15) is 17.6 Å². The van der Waals surface area contributed by atoms with Gasteiger partial charge >= 0.3 is 6.18 Å². The minimum Gasteiger partial charge on any atom is -0.381 e. The lowest BCUT2D eigenvalue weighted by molar-refractivity contribution is -0.138. The molecule has 0 fully saturated rings. The highest BCUT2D eigenvalue weighted by atomic mass is 19.4. The zero-order valence-corrected chi connectivity index (χ0v) is 21.3. The van der Waals surface area contributed by atoms with Crippen molar-refractivity contribution < 1.29 is 30.7 Å². The summed E-state index contributed by atoms with van der Waals surface area (Å²) in [6, 6.07) is 4.33. The molecule has 1 aromatic carbocycles. The average molecular weight is 581 g/mol. The molecular formula is C27H22F7N5O2. The van der Waals surface area contributed by atoms with Crippen molar-refractivity contribution >= 4 is 16.5 Å². The first kappa shape index (κ1) is 28.3. The fraction of sp³-hybridized carbons (Fsp3) is 0.333. The lowest BCUT2D eigenvalue weighted by Crippen LogP contribution is -2.30. The minimum atomic E-state index is -4.97. The lowest BCUT2D eigenvalue weighted by Gasteiger charge is -2.20. The summed E-state index contributed by atoms with van der Waals surface area (Å²) in [7, 11) is 0. The van der Waals surface area contributed by atoms with E-state index in [1.165, 1.54) is 31.3 Å². The van der Waals surface area contributed by atoms with Gasteiger partial charge in [0.05, 0.1) is 29.5 Å². The Labute approximate surface area is 227 Å². The molecule has 1 aliphatic rings. The van der Waals surface area contributed by atoms with Crippen molar-refractivity contribution in [2.24, 2.45) is 0 Å². The van der Waals surface area contributed by atoms with Crippen molar-refractivity contribution in [1.82, 2.24) is 19.7 Å². The van der Waals surface area contributed by atoms with Crippen LogP contribution in [0.4, 0.5) is 36.4 Å². The number of nitrogens with zero attached hydrogens (tertiary/aromatic N) is 3. The standard InChI is InChI=1S/C27H22F7N5O2/c1-13(37-22-11-36-38-24(40)23(22)27(32,33)34)6-16(28)12-39-5-3-14-7-18(20(29)9-17(14)25(39)41)21-8-15-2-4-26(30,31)19(15)10-35-21/h3,5,7-11,13,16H,2,4,6,12H2,1H3,(H2,37,38,40)/t13-,16+/m0/s1. The van der Waals surface area contributed by atoms with Crippen molar-refractivity contribution in [2.75, 3.05) is 5.32 Å². The number of aryl methyl sites for hydroxylation is 1.